The van der Waals surface area contributed by atoms with Crippen molar-refractivity contribution in [1.82, 2.24) is 15.5 Å². The standard InChI is InChI=1S/C25H20Cl3N3O5S/c26-14-5-3-13(4-6-14)12-31-8-7-15-16(24(31)34)10-17(27)20(21(15)28)23(33)30-18(25(35)36)11-29-22(32)19-2-1-9-37-19/h1-6,9-10,18H,7-8,11-12H2,(H,29,32)(H,30,33)(H,35,36)/t18-/m0/s1. The van der Waals surface area contributed by atoms with E-state index in [0.717, 1.165) is 5.56 Å². The van der Waals surface area contributed by atoms with Gasteiger partial charge >= 0.3 is 5.97 Å². The average Bonchev–Trinajstić information content (AvgIpc) is 3.40. The van der Waals surface area contributed by atoms with Gasteiger partial charge in [-0.2, -0.15) is 0 Å². The summed E-state index contributed by atoms with van der Waals surface area (Å²) >= 11 is 20.0. The van der Waals surface area contributed by atoms with Gasteiger partial charge in [-0.15, -0.1) is 11.3 Å². The van der Waals surface area contributed by atoms with Crippen molar-refractivity contribution in [2.75, 3.05) is 13.1 Å². The van der Waals surface area contributed by atoms with E-state index in [4.69, 9.17) is 34.8 Å². The van der Waals surface area contributed by atoms with Crippen LogP contribution in [0.15, 0.2) is 47.8 Å². The topological polar surface area (TPSA) is 116 Å². The monoisotopic (exact) mass is 579 g/mol. The molecule has 1 aliphatic heterocycles. The van der Waals surface area contributed by atoms with Gasteiger partial charge in [-0.05, 0) is 47.2 Å². The number of carboxylic acid groups (broad SMARTS) is 1. The van der Waals surface area contributed by atoms with Gasteiger partial charge in [-0.1, -0.05) is 53.0 Å². The van der Waals surface area contributed by atoms with E-state index in [9.17, 15) is 24.3 Å². The molecule has 0 aliphatic carbocycles. The van der Waals surface area contributed by atoms with Crippen molar-refractivity contribution >= 4 is 69.8 Å². The Bertz CT molecular complexity index is 1360. The van der Waals surface area contributed by atoms with E-state index in [2.05, 4.69) is 10.6 Å². The van der Waals surface area contributed by atoms with E-state index in [1.54, 1.807) is 34.5 Å². The van der Waals surface area contributed by atoms with Gasteiger partial charge in [0.25, 0.3) is 17.7 Å². The maximum Gasteiger partial charge on any atom is 0.328 e. The molecule has 37 heavy (non-hydrogen) atoms. The Morgan fingerprint density at radius 3 is 2.46 bits per heavy atom. The Labute approximate surface area is 231 Å². The highest BCUT2D eigenvalue weighted by Crippen LogP contribution is 2.35. The first-order chi connectivity index (χ1) is 17.7. The molecule has 12 heteroatoms. The lowest BCUT2D eigenvalue weighted by molar-refractivity contribution is -0.139. The highest BCUT2D eigenvalue weighted by molar-refractivity contribution is 7.12. The second-order valence-electron chi connectivity index (χ2n) is 8.23. The van der Waals surface area contributed by atoms with Crippen LogP contribution in [-0.2, 0) is 17.8 Å². The van der Waals surface area contributed by atoms with Crippen LogP contribution >= 0.6 is 46.1 Å². The Balaban J connectivity index is 1.50. The zero-order valence-electron chi connectivity index (χ0n) is 19.1. The van der Waals surface area contributed by atoms with E-state index in [1.807, 2.05) is 12.1 Å². The Kier molecular flexibility index (Phi) is 8.39. The summed E-state index contributed by atoms with van der Waals surface area (Å²) < 4.78 is 0. The predicted molar refractivity (Wildman–Crippen MR) is 142 cm³/mol. The number of benzene rings is 2. The Morgan fingerprint density at radius 1 is 1.08 bits per heavy atom. The summed E-state index contributed by atoms with van der Waals surface area (Å²) in [6.07, 6.45) is 0.379. The highest BCUT2D eigenvalue weighted by Gasteiger charge is 2.31. The van der Waals surface area contributed by atoms with Gasteiger partial charge in [0.15, 0.2) is 0 Å². The van der Waals surface area contributed by atoms with Gasteiger partial charge in [-0.25, -0.2) is 4.79 Å². The summed E-state index contributed by atoms with van der Waals surface area (Å²) in [5.41, 5.74) is 1.52. The minimum atomic E-state index is -1.43. The number of carbonyl (C=O) groups is 4. The summed E-state index contributed by atoms with van der Waals surface area (Å²) in [5.74, 6) is -2.92. The molecule has 1 aliphatic rings. The lowest BCUT2D eigenvalue weighted by Crippen LogP contribution is -2.48. The number of hydrogen-bond donors (Lipinski definition) is 3. The molecule has 3 aromatic rings. The first-order valence-corrected chi connectivity index (χ1v) is 13.1. The summed E-state index contributed by atoms with van der Waals surface area (Å²) in [5, 5.41) is 16.6. The second kappa shape index (κ2) is 11.5. The van der Waals surface area contributed by atoms with Gasteiger partial charge in [0.05, 0.1) is 20.5 Å². The van der Waals surface area contributed by atoms with Crippen LogP contribution in [0.2, 0.25) is 15.1 Å². The van der Waals surface area contributed by atoms with Crippen molar-refractivity contribution in [3.05, 3.63) is 90.0 Å². The van der Waals surface area contributed by atoms with E-state index < -0.39 is 23.8 Å². The number of rotatable bonds is 8. The van der Waals surface area contributed by atoms with Gasteiger partial charge in [0, 0.05) is 30.2 Å². The van der Waals surface area contributed by atoms with Crippen molar-refractivity contribution in [3.8, 4) is 0 Å². The molecule has 3 amide bonds. The van der Waals surface area contributed by atoms with Crippen LogP contribution in [0.5, 0.6) is 0 Å². The number of carbonyl (C=O) groups excluding carboxylic acids is 3. The number of hydrogen-bond acceptors (Lipinski definition) is 5. The summed E-state index contributed by atoms with van der Waals surface area (Å²) in [4.78, 5) is 52.1. The third-order valence-corrected chi connectivity index (χ3v) is 7.63. The number of aliphatic carboxylic acids is 1. The fourth-order valence-electron chi connectivity index (χ4n) is 3.90. The molecule has 8 nitrogen and oxygen atoms in total. The number of nitrogens with one attached hydrogen (secondary N) is 2. The van der Waals surface area contributed by atoms with Gasteiger partial charge in [0.1, 0.15) is 6.04 Å². The molecule has 2 aromatic carbocycles. The molecule has 0 saturated heterocycles. The molecule has 0 unspecified atom stereocenters. The molecule has 0 spiro atoms. The molecule has 3 N–H and O–H groups in total. The smallest absolute Gasteiger partial charge is 0.328 e. The van der Waals surface area contributed by atoms with Crippen LogP contribution in [0.3, 0.4) is 0 Å². The molecular formula is C25H20Cl3N3O5S. The largest absolute Gasteiger partial charge is 0.480 e. The number of amides is 3. The van der Waals surface area contributed by atoms with Gasteiger partial charge in [0.2, 0.25) is 0 Å². The maximum atomic E-state index is 13.2. The van der Waals surface area contributed by atoms with Crippen LogP contribution in [0.1, 0.15) is 41.5 Å². The normalized spacial score (nSPS) is 13.6. The quantitative estimate of drug-likeness (QED) is 0.362. The predicted octanol–water partition coefficient (Wildman–Crippen LogP) is 4.52. The number of halogens is 3. The summed E-state index contributed by atoms with van der Waals surface area (Å²) in [7, 11) is 0. The number of thiophene rings is 1. The number of carboxylic acids is 1. The fraction of sp³-hybridized carbons (Fsp3) is 0.200. The average molecular weight is 581 g/mol. The van der Waals surface area contributed by atoms with Gasteiger partial charge in [-0.3, -0.25) is 14.4 Å². The molecule has 1 atom stereocenters. The Hall–Kier alpha value is -3.11. The SMILES string of the molecule is O=C(NC[C@H](NC(=O)c1c(Cl)cc2c(c1Cl)CCN(Cc1ccc(Cl)cc1)C2=O)C(=O)O)c1cccs1. The molecular weight excluding hydrogens is 561 g/mol. The number of nitrogens with zero attached hydrogens (tertiary/aromatic N) is 1. The van der Waals surface area contributed by atoms with Crippen LogP contribution in [-0.4, -0.2) is 52.8 Å². The Morgan fingerprint density at radius 2 is 1.81 bits per heavy atom. The van der Waals surface area contributed by atoms with Crippen molar-refractivity contribution < 1.29 is 24.3 Å². The van der Waals surface area contributed by atoms with Crippen LogP contribution in [0, 0.1) is 0 Å². The fourth-order valence-corrected chi connectivity index (χ4v) is 5.39. The van der Waals surface area contributed by atoms with Gasteiger partial charge < -0.3 is 20.6 Å². The van der Waals surface area contributed by atoms with E-state index in [1.165, 1.54) is 17.4 Å². The minimum Gasteiger partial charge on any atom is -0.480 e. The summed E-state index contributed by atoms with van der Waals surface area (Å²) in [6, 6.07) is 10.4. The molecule has 192 valence electrons. The zero-order chi connectivity index (χ0) is 26.7. The zero-order valence-corrected chi connectivity index (χ0v) is 22.2. The summed E-state index contributed by atoms with van der Waals surface area (Å²) in [6.45, 7) is 0.379. The van der Waals surface area contributed by atoms with Crippen LogP contribution in [0.25, 0.3) is 0 Å². The minimum absolute atomic E-state index is 0.00810. The lowest BCUT2D eigenvalue weighted by atomic mass is 9.95. The highest BCUT2D eigenvalue weighted by atomic mass is 35.5. The molecule has 0 fully saturated rings. The maximum absolute atomic E-state index is 13.2. The molecule has 0 saturated carbocycles. The molecule has 4 rings (SSSR count). The molecule has 0 bridgehead atoms. The van der Waals surface area contributed by atoms with E-state index >= 15 is 0 Å². The third kappa shape index (κ3) is 6.07. The molecule has 1 aromatic heterocycles. The third-order valence-electron chi connectivity index (χ3n) is 5.80. The van der Waals surface area contributed by atoms with E-state index in [0.29, 0.717) is 35.0 Å². The van der Waals surface area contributed by atoms with Crippen LogP contribution < -0.4 is 10.6 Å². The second-order valence-corrected chi connectivity index (χ2v) is 10.4. The van der Waals surface area contributed by atoms with E-state index in [-0.39, 0.29) is 33.6 Å². The first-order valence-electron chi connectivity index (χ1n) is 11.1. The van der Waals surface area contributed by atoms with Crippen LogP contribution in [0.4, 0.5) is 0 Å². The van der Waals surface area contributed by atoms with Crippen molar-refractivity contribution in [2.45, 2.75) is 19.0 Å². The van der Waals surface area contributed by atoms with Crippen molar-refractivity contribution in [2.24, 2.45) is 0 Å². The number of fused-ring (bicyclic) bond motifs is 1. The lowest BCUT2D eigenvalue weighted by Gasteiger charge is -2.30. The van der Waals surface area contributed by atoms with Crippen molar-refractivity contribution in [1.29, 1.82) is 0 Å². The van der Waals surface area contributed by atoms with Crippen molar-refractivity contribution in [3.63, 3.8) is 0 Å². The molecule has 0 radical (unpaired) electrons. The first kappa shape index (κ1) is 26.9. The molecule has 2 heterocycles.